The SMILES string of the molecule is OC1CN2CC1CCC2c1nsnc1OCCc1ccc(F)cc1. The van der Waals surface area contributed by atoms with Crippen LogP contribution in [0.15, 0.2) is 24.3 Å². The summed E-state index contributed by atoms with van der Waals surface area (Å²) in [4.78, 5) is 2.29. The lowest BCUT2D eigenvalue weighted by atomic mass is 9.93. The van der Waals surface area contributed by atoms with Gasteiger partial charge in [0, 0.05) is 19.5 Å². The highest BCUT2D eigenvalue weighted by Gasteiger charge is 2.42. The second-order valence-electron chi connectivity index (χ2n) is 6.55. The highest BCUT2D eigenvalue weighted by Crippen LogP contribution is 2.41. The van der Waals surface area contributed by atoms with E-state index in [0.717, 1.165) is 30.6 Å². The summed E-state index contributed by atoms with van der Waals surface area (Å²) in [6.07, 6.45) is 2.49. The van der Waals surface area contributed by atoms with Gasteiger partial charge in [0.2, 0.25) is 0 Å². The van der Waals surface area contributed by atoms with Crippen molar-refractivity contribution in [3.63, 3.8) is 0 Å². The summed E-state index contributed by atoms with van der Waals surface area (Å²) < 4.78 is 27.5. The number of ether oxygens (including phenoxy) is 1. The fourth-order valence-corrected chi connectivity index (χ4v) is 4.25. The molecule has 4 rings (SSSR count). The number of halogens is 1. The number of rotatable bonds is 5. The molecular weight excluding hydrogens is 329 g/mol. The van der Waals surface area contributed by atoms with E-state index in [1.54, 1.807) is 12.1 Å². The minimum Gasteiger partial charge on any atom is -0.475 e. The second-order valence-corrected chi connectivity index (χ2v) is 7.08. The maximum absolute atomic E-state index is 12.9. The topological polar surface area (TPSA) is 58.5 Å². The highest BCUT2D eigenvalue weighted by atomic mass is 32.1. The van der Waals surface area contributed by atoms with E-state index in [1.165, 1.54) is 23.9 Å². The molecule has 2 fully saturated rings. The number of aromatic nitrogens is 2. The average molecular weight is 349 g/mol. The Balaban J connectivity index is 1.39. The molecule has 0 amide bonds. The first-order valence-electron chi connectivity index (χ1n) is 8.32. The van der Waals surface area contributed by atoms with Crippen molar-refractivity contribution in [2.45, 2.75) is 31.4 Å². The van der Waals surface area contributed by atoms with E-state index in [9.17, 15) is 9.50 Å². The van der Waals surface area contributed by atoms with Crippen LogP contribution in [0.1, 0.15) is 30.1 Å². The predicted molar refractivity (Wildman–Crippen MR) is 88.6 cm³/mol. The van der Waals surface area contributed by atoms with E-state index in [4.69, 9.17) is 4.74 Å². The van der Waals surface area contributed by atoms with Crippen molar-refractivity contribution in [1.82, 2.24) is 13.6 Å². The molecule has 128 valence electrons. The van der Waals surface area contributed by atoms with Gasteiger partial charge in [-0.25, -0.2) is 4.39 Å². The van der Waals surface area contributed by atoms with Crippen LogP contribution in [-0.4, -0.2) is 44.6 Å². The fraction of sp³-hybridized carbons (Fsp3) is 0.529. The van der Waals surface area contributed by atoms with Crippen LogP contribution in [-0.2, 0) is 6.42 Å². The molecule has 4 unspecified atom stereocenters. The zero-order chi connectivity index (χ0) is 16.5. The maximum atomic E-state index is 12.9. The van der Waals surface area contributed by atoms with Crippen molar-refractivity contribution >= 4 is 11.7 Å². The summed E-state index contributed by atoms with van der Waals surface area (Å²) in [5.74, 6) is 0.775. The number of aliphatic hydroxyl groups is 1. The first-order chi connectivity index (χ1) is 11.7. The zero-order valence-electron chi connectivity index (χ0n) is 13.3. The molecule has 1 aromatic heterocycles. The van der Waals surface area contributed by atoms with Gasteiger partial charge >= 0.3 is 0 Å². The molecule has 7 heteroatoms. The van der Waals surface area contributed by atoms with Crippen LogP contribution in [0.5, 0.6) is 5.88 Å². The number of fused-ring (bicyclic) bond motifs is 2. The van der Waals surface area contributed by atoms with E-state index in [-0.39, 0.29) is 18.0 Å². The number of piperidine rings is 1. The van der Waals surface area contributed by atoms with Gasteiger partial charge in [0.05, 0.1) is 30.5 Å². The van der Waals surface area contributed by atoms with E-state index in [2.05, 4.69) is 13.6 Å². The van der Waals surface area contributed by atoms with Gasteiger partial charge in [-0.05, 0) is 36.5 Å². The lowest BCUT2D eigenvalue weighted by molar-refractivity contribution is 0.144. The molecule has 0 radical (unpaired) electrons. The first-order valence-corrected chi connectivity index (χ1v) is 9.05. The summed E-state index contributed by atoms with van der Waals surface area (Å²) in [6.45, 7) is 2.13. The van der Waals surface area contributed by atoms with Crippen LogP contribution in [0.3, 0.4) is 0 Å². The third kappa shape index (κ3) is 3.16. The summed E-state index contributed by atoms with van der Waals surface area (Å²) in [5, 5.41) is 10.0. The van der Waals surface area contributed by atoms with Crippen molar-refractivity contribution in [3.8, 4) is 5.88 Å². The average Bonchev–Trinajstić information content (AvgIpc) is 3.15. The standard InChI is InChI=1S/C17H20FN3O2S/c18-13-4-1-11(2-5-13)7-8-23-17-16(19-24-20-17)14-6-3-12-9-21(14)10-15(12)22/h1-2,4-5,12,14-15,22H,3,6-10H2. The molecule has 4 atom stereocenters. The second kappa shape index (κ2) is 6.74. The van der Waals surface area contributed by atoms with E-state index in [0.29, 0.717) is 31.4 Å². The Morgan fingerprint density at radius 3 is 2.88 bits per heavy atom. The van der Waals surface area contributed by atoms with Crippen molar-refractivity contribution in [3.05, 3.63) is 41.3 Å². The van der Waals surface area contributed by atoms with Crippen LogP contribution in [0.2, 0.25) is 0 Å². The molecular formula is C17H20FN3O2S. The van der Waals surface area contributed by atoms with Crippen molar-refractivity contribution in [1.29, 1.82) is 0 Å². The highest BCUT2D eigenvalue weighted by molar-refractivity contribution is 6.99. The number of hydrogen-bond donors (Lipinski definition) is 1. The van der Waals surface area contributed by atoms with Crippen LogP contribution >= 0.6 is 11.7 Å². The summed E-state index contributed by atoms with van der Waals surface area (Å²) in [7, 11) is 0. The van der Waals surface area contributed by atoms with Gasteiger partial charge in [0.15, 0.2) is 0 Å². The molecule has 1 N–H and O–H groups in total. The van der Waals surface area contributed by atoms with Gasteiger partial charge in [-0.1, -0.05) is 12.1 Å². The molecule has 2 bridgehead atoms. The number of aliphatic hydroxyl groups excluding tert-OH is 1. The fourth-order valence-electron chi connectivity index (χ4n) is 3.70. The quantitative estimate of drug-likeness (QED) is 0.898. The molecule has 1 aromatic carbocycles. The summed E-state index contributed by atoms with van der Waals surface area (Å²) in [6, 6.07) is 6.65. The van der Waals surface area contributed by atoms with Gasteiger partial charge in [-0.2, -0.15) is 4.37 Å². The van der Waals surface area contributed by atoms with Crippen molar-refractivity contribution in [2.24, 2.45) is 5.92 Å². The van der Waals surface area contributed by atoms with Crippen LogP contribution in [0.4, 0.5) is 4.39 Å². The van der Waals surface area contributed by atoms with Crippen molar-refractivity contribution < 1.29 is 14.2 Å². The molecule has 0 aliphatic carbocycles. The van der Waals surface area contributed by atoms with Gasteiger partial charge in [0.25, 0.3) is 5.88 Å². The Bertz CT molecular complexity index is 691. The Labute approximate surface area is 144 Å². The molecule has 5 nitrogen and oxygen atoms in total. The molecule has 2 aromatic rings. The largest absolute Gasteiger partial charge is 0.475 e. The van der Waals surface area contributed by atoms with Crippen LogP contribution in [0, 0.1) is 11.7 Å². The monoisotopic (exact) mass is 349 g/mol. The third-order valence-electron chi connectivity index (χ3n) is 5.03. The van der Waals surface area contributed by atoms with Crippen molar-refractivity contribution in [2.75, 3.05) is 19.7 Å². The zero-order valence-corrected chi connectivity index (χ0v) is 14.1. The van der Waals surface area contributed by atoms with Gasteiger partial charge in [-0.3, -0.25) is 4.90 Å². The van der Waals surface area contributed by atoms with E-state index >= 15 is 0 Å². The summed E-state index contributed by atoms with van der Waals surface area (Å²) in [5.41, 5.74) is 1.93. The Hall–Kier alpha value is -1.57. The third-order valence-corrected chi connectivity index (χ3v) is 5.55. The van der Waals surface area contributed by atoms with Gasteiger partial charge in [-0.15, -0.1) is 4.37 Å². The minimum absolute atomic E-state index is 0.193. The Morgan fingerprint density at radius 1 is 1.21 bits per heavy atom. The number of nitrogens with zero attached hydrogens (tertiary/aromatic N) is 3. The lowest BCUT2D eigenvalue weighted by Gasteiger charge is -2.30. The lowest BCUT2D eigenvalue weighted by Crippen LogP contribution is -2.31. The first kappa shape index (κ1) is 15.9. The molecule has 3 heterocycles. The normalized spacial score (nSPS) is 28.9. The van der Waals surface area contributed by atoms with Gasteiger partial charge < -0.3 is 9.84 Å². The predicted octanol–water partition coefficient (Wildman–Crippen LogP) is 2.43. The smallest absolute Gasteiger partial charge is 0.250 e. The minimum atomic E-state index is -0.228. The number of hydrogen-bond acceptors (Lipinski definition) is 6. The van der Waals surface area contributed by atoms with E-state index < -0.39 is 0 Å². The molecule has 0 saturated carbocycles. The molecule has 2 aliphatic heterocycles. The van der Waals surface area contributed by atoms with Crippen LogP contribution < -0.4 is 4.74 Å². The molecule has 0 spiro atoms. The van der Waals surface area contributed by atoms with Crippen LogP contribution in [0.25, 0.3) is 0 Å². The van der Waals surface area contributed by atoms with Gasteiger partial charge in [0.1, 0.15) is 11.5 Å². The molecule has 2 saturated heterocycles. The Morgan fingerprint density at radius 2 is 2.04 bits per heavy atom. The number of benzene rings is 1. The molecule has 2 aliphatic rings. The molecule has 24 heavy (non-hydrogen) atoms. The maximum Gasteiger partial charge on any atom is 0.250 e. The Kier molecular flexibility index (Phi) is 4.47. The summed E-state index contributed by atoms with van der Waals surface area (Å²) >= 11 is 1.17. The van der Waals surface area contributed by atoms with E-state index in [1.807, 2.05) is 0 Å².